The minimum atomic E-state index is -1.30. The highest BCUT2D eigenvalue weighted by atomic mass is 32.2. The van der Waals surface area contributed by atoms with E-state index >= 15 is 0 Å². The van der Waals surface area contributed by atoms with Crippen LogP contribution in [0.1, 0.15) is 21.5 Å². The van der Waals surface area contributed by atoms with E-state index in [1.54, 1.807) is 25.3 Å². The van der Waals surface area contributed by atoms with E-state index in [9.17, 15) is 14.7 Å². The number of hydrogen-bond acceptors (Lipinski definition) is 6. The Labute approximate surface area is 160 Å². The SMILES string of the molecule is COc1ccc(/C=C2\SC(=S)N(c3cccc(C(=O)[O-])c3)C2=O)c(C)c1. The number of rotatable bonds is 4. The number of amides is 1. The van der Waals surface area contributed by atoms with Crippen molar-refractivity contribution in [2.24, 2.45) is 0 Å². The smallest absolute Gasteiger partial charge is 0.270 e. The van der Waals surface area contributed by atoms with Gasteiger partial charge in [-0.05, 0) is 54.0 Å². The first-order chi connectivity index (χ1) is 12.4. The number of anilines is 1. The van der Waals surface area contributed by atoms with Crippen LogP contribution in [0.25, 0.3) is 6.08 Å². The number of aromatic carboxylic acids is 1. The molecule has 0 aliphatic carbocycles. The van der Waals surface area contributed by atoms with E-state index in [1.165, 1.54) is 28.8 Å². The van der Waals surface area contributed by atoms with Crippen molar-refractivity contribution in [3.05, 3.63) is 64.1 Å². The molecule has 132 valence electrons. The van der Waals surface area contributed by atoms with Crippen molar-refractivity contribution >= 4 is 51.9 Å². The van der Waals surface area contributed by atoms with Crippen LogP contribution in [0.15, 0.2) is 47.4 Å². The van der Waals surface area contributed by atoms with Gasteiger partial charge in [-0.3, -0.25) is 9.69 Å². The summed E-state index contributed by atoms with van der Waals surface area (Å²) in [5.74, 6) is -0.848. The first kappa shape index (κ1) is 18.2. The van der Waals surface area contributed by atoms with Crippen LogP contribution in [0.2, 0.25) is 0 Å². The minimum absolute atomic E-state index is 0.00784. The number of thiocarbonyl (C=S) groups is 1. The van der Waals surface area contributed by atoms with Gasteiger partial charge in [-0.15, -0.1) is 0 Å². The predicted octanol–water partition coefficient (Wildman–Crippen LogP) is 2.77. The third-order valence-corrected chi connectivity index (χ3v) is 5.20. The maximum atomic E-state index is 12.8. The standard InChI is InChI=1S/C19H15NO4S2/c1-11-8-15(24-2)7-6-12(11)10-16-17(21)20(19(25)26-16)14-5-3-4-13(9-14)18(22)23/h3-10H,1-2H3,(H,22,23)/p-1/b16-10-. The predicted molar refractivity (Wildman–Crippen MR) is 104 cm³/mol. The lowest BCUT2D eigenvalue weighted by atomic mass is 10.1. The molecule has 26 heavy (non-hydrogen) atoms. The second kappa shape index (κ2) is 7.31. The van der Waals surface area contributed by atoms with Crippen LogP contribution in [0.5, 0.6) is 5.75 Å². The molecular weight excluding hydrogens is 370 g/mol. The molecule has 1 aliphatic heterocycles. The summed E-state index contributed by atoms with van der Waals surface area (Å²) in [6.07, 6.45) is 1.77. The molecule has 0 bridgehead atoms. The highest BCUT2D eigenvalue weighted by molar-refractivity contribution is 8.27. The summed E-state index contributed by atoms with van der Waals surface area (Å²) < 4.78 is 5.54. The Morgan fingerprint density at radius 3 is 2.69 bits per heavy atom. The van der Waals surface area contributed by atoms with Gasteiger partial charge in [0.2, 0.25) is 0 Å². The molecular formula is C19H14NO4S2-. The van der Waals surface area contributed by atoms with Crippen LogP contribution in [-0.4, -0.2) is 23.3 Å². The summed E-state index contributed by atoms with van der Waals surface area (Å²) in [6, 6.07) is 11.6. The molecule has 1 heterocycles. The van der Waals surface area contributed by atoms with Gasteiger partial charge in [0.15, 0.2) is 4.32 Å². The third kappa shape index (κ3) is 3.49. The van der Waals surface area contributed by atoms with Crippen LogP contribution >= 0.6 is 24.0 Å². The van der Waals surface area contributed by atoms with Gasteiger partial charge in [-0.1, -0.05) is 42.2 Å². The van der Waals surface area contributed by atoms with Gasteiger partial charge < -0.3 is 14.6 Å². The number of methoxy groups -OCH3 is 1. The number of carbonyl (C=O) groups is 2. The van der Waals surface area contributed by atoms with E-state index < -0.39 is 5.97 Å². The van der Waals surface area contributed by atoms with Crippen LogP contribution < -0.4 is 14.7 Å². The number of thioether (sulfide) groups is 1. The fraction of sp³-hybridized carbons (Fsp3) is 0.105. The Hall–Kier alpha value is -2.64. The van der Waals surface area contributed by atoms with Gasteiger partial charge in [0.1, 0.15) is 5.75 Å². The van der Waals surface area contributed by atoms with Crippen LogP contribution in [0, 0.1) is 6.92 Å². The molecule has 7 heteroatoms. The van der Waals surface area contributed by atoms with Crippen molar-refractivity contribution in [1.29, 1.82) is 0 Å². The molecule has 0 spiro atoms. The number of aryl methyl sites for hydroxylation is 1. The van der Waals surface area contributed by atoms with E-state index in [4.69, 9.17) is 17.0 Å². The molecule has 0 radical (unpaired) electrons. The van der Waals surface area contributed by atoms with Gasteiger partial charge in [-0.2, -0.15) is 0 Å². The van der Waals surface area contributed by atoms with E-state index in [0.717, 1.165) is 16.9 Å². The lowest BCUT2D eigenvalue weighted by Crippen LogP contribution is -2.28. The topological polar surface area (TPSA) is 69.7 Å². The molecule has 1 saturated heterocycles. The quantitative estimate of drug-likeness (QED) is 0.596. The van der Waals surface area contributed by atoms with Gasteiger partial charge in [0.05, 0.1) is 23.7 Å². The van der Waals surface area contributed by atoms with Crippen molar-refractivity contribution in [3.63, 3.8) is 0 Å². The van der Waals surface area contributed by atoms with E-state index in [1.807, 2.05) is 25.1 Å². The van der Waals surface area contributed by atoms with Gasteiger partial charge in [0, 0.05) is 0 Å². The number of ether oxygens (including phenoxy) is 1. The lowest BCUT2D eigenvalue weighted by molar-refractivity contribution is -0.255. The highest BCUT2D eigenvalue weighted by Gasteiger charge is 2.33. The van der Waals surface area contributed by atoms with Crippen LogP contribution in [-0.2, 0) is 4.79 Å². The van der Waals surface area contributed by atoms with Gasteiger partial charge in [-0.25, -0.2) is 0 Å². The van der Waals surface area contributed by atoms with Gasteiger partial charge >= 0.3 is 0 Å². The monoisotopic (exact) mass is 384 g/mol. The number of carbonyl (C=O) groups excluding carboxylic acids is 2. The second-order valence-electron chi connectivity index (χ2n) is 5.58. The first-order valence-electron chi connectivity index (χ1n) is 7.64. The zero-order chi connectivity index (χ0) is 18.8. The highest BCUT2D eigenvalue weighted by Crippen LogP contribution is 2.36. The Bertz CT molecular complexity index is 952. The fourth-order valence-corrected chi connectivity index (χ4v) is 3.83. The molecule has 0 saturated carbocycles. The van der Waals surface area contributed by atoms with Crippen molar-refractivity contribution in [1.82, 2.24) is 0 Å². The Morgan fingerprint density at radius 1 is 1.27 bits per heavy atom. The number of benzene rings is 2. The largest absolute Gasteiger partial charge is 0.545 e. The van der Waals surface area contributed by atoms with Crippen molar-refractivity contribution in [2.75, 3.05) is 12.0 Å². The van der Waals surface area contributed by atoms with Crippen molar-refractivity contribution < 1.29 is 19.4 Å². The van der Waals surface area contributed by atoms with Crippen molar-refractivity contribution in [3.8, 4) is 5.75 Å². The molecule has 0 atom stereocenters. The molecule has 3 rings (SSSR count). The fourth-order valence-electron chi connectivity index (χ4n) is 2.54. The third-order valence-electron chi connectivity index (χ3n) is 3.90. The maximum Gasteiger partial charge on any atom is 0.270 e. The summed E-state index contributed by atoms with van der Waals surface area (Å²) >= 11 is 6.50. The molecule has 0 unspecified atom stereocenters. The first-order valence-corrected chi connectivity index (χ1v) is 8.87. The number of carboxylic acid groups (broad SMARTS) is 1. The summed E-state index contributed by atoms with van der Waals surface area (Å²) in [7, 11) is 1.60. The zero-order valence-corrected chi connectivity index (χ0v) is 15.6. The lowest BCUT2D eigenvalue weighted by Gasteiger charge is -2.15. The van der Waals surface area contributed by atoms with Crippen molar-refractivity contribution in [2.45, 2.75) is 6.92 Å². The molecule has 1 amide bonds. The molecule has 0 aromatic heterocycles. The number of hydrogen-bond donors (Lipinski definition) is 0. The van der Waals surface area contributed by atoms with E-state index in [2.05, 4.69) is 0 Å². The molecule has 2 aromatic carbocycles. The molecule has 5 nitrogen and oxygen atoms in total. The van der Waals surface area contributed by atoms with Gasteiger partial charge in [0.25, 0.3) is 5.91 Å². The average molecular weight is 384 g/mol. The molecule has 1 aliphatic rings. The van der Waals surface area contributed by atoms with Crippen LogP contribution in [0.3, 0.4) is 0 Å². The summed E-state index contributed by atoms with van der Waals surface area (Å²) in [6.45, 7) is 1.93. The summed E-state index contributed by atoms with van der Waals surface area (Å²) in [5.41, 5.74) is 2.25. The number of carboxylic acids is 1. The average Bonchev–Trinajstić information content (AvgIpc) is 2.90. The van der Waals surface area contributed by atoms with E-state index in [-0.39, 0.29) is 11.5 Å². The second-order valence-corrected chi connectivity index (χ2v) is 7.25. The zero-order valence-electron chi connectivity index (χ0n) is 14.0. The Morgan fingerprint density at radius 2 is 2.04 bits per heavy atom. The molecule has 1 fully saturated rings. The summed E-state index contributed by atoms with van der Waals surface area (Å²) in [5, 5.41) is 11.1. The Balaban J connectivity index is 1.94. The minimum Gasteiger partial charge on any atom is -0.545 e. The maximum absolute atomic E-state index is 12.8. The molecule has 2 aromatic rings. The summed E-state index contributed by atoms with van der Waals surface area (Å²) in [4.78, 5) is 25.7. The normalized spacial score (nSPS) is 15.6. The number of nitrogens with zero attached hydrogens (tertiary/aromatic N) is 1. The molecule has 0 N–H and O–H groups in total. The Kier molecular flexibility index (Phi) is 5.11. The van der Waals surface area contributed by atoms with Crippen LogP contribution in [0.4, 0.5) is 5.69 Å². The van der Waals surface area contributed by atoms with E-state index in [0.29, 0.717) is 14.9 Å².